The maximum absolute atomic E-state index is 12.9. The van der Waals surface area contributed by atoms with Crippen molar-refractivity contribution in [1.29, 1.82) is 0 Å². The highest BCUT2D eigenvalue weighted by atomic mass is 16.6. The Bertz CT molecular complexity index is 1650. The molecule has 0 aliphatic carbocycles. The van der Waals surface area contributed by atoms with Crippen LogP contribution in [0.4, 0.5) is 0 Å². The molecule has 1 unspecified atom stereocenters. The van der Waals surface area contributed by atoms with E-state index in [4.69, 9.17) is 14.2 Å². The van der Waals surface area contributed by atoms with Crippen molar-refractivity contribution in [3.8, 4) is 0 Å². The van der Waals surface area contributed by atoms with Crippen molar-refractivity contribution in [3.63, 3.8) is 0 Å². The van der Waals surface area contributed by atoms with E-state index < -0.39 is 6.10 Å². The lowest BCUT2D eigenvalue weighted by molar-refractivity contribution is -0.167. The number of hydrogen-bond donors (Lipinski definition) is 0. The number of rotatable bonds is 60. The molecule has 0 aromatic carbocycles. The fraction of sp³-hybridized carbons (Fsp3) is 0.689. The summed E-state index contributed by atoms with van der Waals surface area (Å²) in [7, 11) is 0. The van der Waals surface area contributed by atoms with E-state index >= 15 is 0 Å². The van der Waals surface area contributed by atoms with Crippen LogP contribution < -0.4 is 0 Å². The third-order valence-electron chi connectivity index (χ3n) is 14.2. The second kappa shape index (κ2) is 67.3. The summed E-state index contributed by atoms with van der Waals surface area (Å²) in [5.74, 6) is -0.900. The van der Waals surface area contributed by atoms with Gasteiger partial charge in [-0.25, -0.2) is 0 Å². The molecular formula is C74H124O6. The monoisotopic (exact) mass is 1110 g/mol. The van der Waals surface area contributed by atoms with E-state index in [1.807, 2.05) is 0 Å². The molecule has 0 fully saturated rings. The molecule has 0 amide bonds. The summed E-state index contributed by atoms with van der Waals surface area (Å²) in [5.41, 5.74) is 0. The highest BCUT2D eigenvalue weighted by Crippen LogP contribution is 2.17. The van der Waals surface area contributed by atoms with Crippen molar-refractivity contribution in [2.75, 3.05) is 13.2 Å². The van der Waals surface area contributed by atoms with Gasteiger partial charge in [0.05, 0.1) is 0 Å². The topological polar surface area (TPSA) is 78.9 Å². The Morgan fingerprint density at radius 1 is 0.263 bits per heavy atom. The number of carbonyl (C=O) groups is 3. The summed E-state index contributed by atoms with van der Waals surface area (Å²) in [5, 5.41) is 0. The molecule has 0 saturated carbocycles. The Hall–Kier alpha value is -4.19. The molecule has 80 heavy (non-hydrogen) atoms. The van der Waals surface area contributed by atoms with Crippen LogP contribution in [0.15, 0.2) is 122 Å². The number of allylic oxidation sites excluding steroid dienone is 20. The minimum Gasteiger partial charge on any atom is -0.462 e. The summed E-state index contributed by atoms with van der Waals surface area (Å²) < 4.78 is 16.8. The van der Waals surface area contributed by atoms with Crippen molar-refractivity contribution >= 4 is 17.9 Å². The Morgan fingerprint density at radius 3 is 0.762 bits per heavy atom. The van der Waals surface area contributed by atoms with Crippen molar-refractivity contribution in [2.45, 2.75) is 316 Å². The van der Waals surface area contributed by atoms with Gasteiger partial charge in [-0.05, 0) is 109 Å². The molecule has 0 rings (SSSR count). The van der Waals surface area contributed by atoms with Gasteiger partial charge in [-0.2, -0.15) is 0 Å². The van der Waals surface area contributed by atoms with Gasteiger partial charge in [0.1, 0.15) is 13.2 Å². The third-order valence-corrected chi connectivity index (χ3v) is 14.2. The summed E-state index contributed by atoms with van der Waals surface area (Å²) in [6.07, 6.45) is 94.0. The van der Waals surface area contributed by atoms with E-state index in [2.05, 4.69) is 142 Å². The highest BCUT2D eigenvalue weighted by molar-refractivity contribution is 5.71. The van der Waals surface area contributed by atoms with E-state index in [1.165, 1.54) is 135 Å². The first-order valence-corrected chi connectivity index (χ1v) is 33.5. The number of esters is 3. The van der Waals surface area contributed by atoms with Crippen LogP contribution in [-0.4, -0.2) is 37.2 Å². The molecule has 0 aliphatic rings. The number of ether oxygens (including phenoxy) is 3. The summed E-state index contributed by atoms with van der Waals surface area (Å²) in [4.78, 5) is 38.1. The van der Waals surface area contributed by atoms with Crippen molar-refractivity contribution in [2.24, 2.45) is 0 Å². The molecule has 0 heterocycles. The first-order valence-electron chi connectivity index (χ1n) is 33.5. The number of hydrogen-bond acceptors (Lipinski definition) is 6. The molecule has 6 heteroatoms. The third kappa shape index (κ3) is 64.6. The van der Waals surface area contributed by atoms with E-state index in [-0.39, 0.29) is 31.1 Å². The first-order chi connectivity index (χ1) is 39.5. The van der Waals surface area contributed by atoms with E-state index in [0.717, 1.165) is 135 Å². The molecule has 0 N–H and O–H groups in total. The standard InChI is InChI=1S/C74H124O6/c1-4-7-10-13-16-18-20-22-24-26-28-30-32-34-35-36-37-38-39-41-42-44-46-48-50-52-54-56-58-61-64-67-73(76)79-70-71(69-78-72(75)66-63-60-15-12-9-6-3)80-74(77)68-65-62-59-57-55-53-51-49-47-45-43-40-33-31-29-27-25-23-21-19-17-14-11-8-5-2/h7-8,10-11,16-19,22-25,28-31,40,43,47,49,71H,4-6,9,12-15,20-21,26-27,32-39,41-42,44-46,48,50-70H2,1-3H3/b10-7-,11-8-,18-16-,19-17-,24-22-,25-23-,30-28-,31-29-,43-40-,49-47-. The molecule has 0 spiro atoms. The smallest absolute Gasteiger partial charge is 0.306 e. The molecule has 0 aliphatic heterocycles. The largest absolute Gasteiger partial charge is 0.462 e. The second-order valence-corrected chi connectivity index (χ2v) is 22.0. The van der Waals surface area contributed by atoms with Gasteiger partial charge in [0.2, 0.25) is 0 Å². The van der Waals surface area contributed by atoms with Gasteiger partial charge in [0.15, 0.2) is 6.10 Å². The minimum atomic E-state index is -0.785. The Labute approximate surface area is 494 Å². The highest BCUT2D eigenvalue weighted by Gasteiger charge is 2.19. The minimum absolute atomic E-state index is 0.0831. The van der Waals surface area contributed by atoms with Gasteiger partial charge in [-0.15, -0.1) is 0 Å². The van der Waals surface area contributed by atoms with E-state index in [1.54, 1.807) is 0 Å². The zero-order valence-electron chi connectivity index (χ0n) is 52.3. The Balaban J connectivity index is 4.07. The van der Waals surface area contributed by atoms with Crippen LogP contribution >= 0.6 is 0 Å². The SMILES string of the molecule is CC/C=C\C/C=C\C/C=C\C/C=C\C/C=C\C/C=C\CCCCCCCCC(=O)OC(COC(=O)CCCCCCCC)COC(=O)CCCCCCCCCCCCCCCCCCCC/C=C\C/C=C\C/C=C\C/C=C\CC. The Kier molecular flexibility index (Phi) is 63.8. The van der Waals surface area contributed by atoms with Crippen LogP contribution in [0.2, 0.25) is 0 Å². The maximum Gasteiger partial charge on any atom is 0.306 e. The maximum atomic E-state index is 12.9. The van der Waals surface area contributed by atoms with Crippen LogP contribution in [0, 0.1) is 0 Å². The zero-order valence-corrected chi connectivity index (χ0v) is 52.3. The normalized spacial score (nSPS) is 12.9. The summed E-state index contributed by atoms with van der Waals surface area (Å²) >= 11 is 0. The molecule has 0 radical (unpaired) electrons. The molecule has 0 saturated heterocycles. The van der Waals surface area contributed by atoms with Crippen molar-refractivity contribution in [3.05, 3.63) is 122 Å². The summed E-state index contributed by atoms with van der Waals surface area (Å²) in [6.45, 7) is 6.36. The van der Waals surface area contributed by atoms with Gasteiger partial charge >= 0.3 is 17.9 Å². The van der Waals surface area contributed by atoms with Crippen LogP contribution in [-0.2, 0) is 28.6 Å². The van der Waals surface area contributed by atoms with Gasteiger partial charge in [0.25, 0.3) is 0 Å². The second-order valence-electron chi connectivity index (χ2n) is 22.0. The molecule has 1 atom stereocenters. The lowest BCUT2D eigenvalue weighted by Gasteiger charge is -2.18. The summed E-state index contributed by atoms with van der Waals surface area (Å²) in [6, 6.07) is 0. The van der Waals surface area contributed by atoms with E-state index in [9.17, 15) is 14.4 Å². The van der Waals surface area contributed by atoms with Gasteiger partial charge in [-0.1, -0.05) is 303 Å². The van der Waals surface area contributed by atoms with Crippen LogP contribution in [0.3, 0.4) is 0 Å². The average molecular weight is 1110 g/mol. The number of carbonyl (C=O) groups excluding carboxylic acids is 3. The molecule has 0 bridgehead atoms. The first kappa shape index (κ1) is 75.8. The average Bonchev–Trinajstić information content (AvgIpc) is 3.46. The van der Waals surface area contributed by atoms with Crippen LogP contribution in [0.25, 0.3) is 0 Å². The number of unbranched alkanes of at least 4 members (excludes halogenated alkanes) is 29. The fourth-order valence-corrected chi connectivity index (χ4v) is 9.26. The van der Waals surface area contributed by atoms with Crippen LogP contribution in [0.1, 0.15) is 310 Å². The van der Waals surface area contributed by atoms with Crippen LogP contribution in [0.5, 0.6) is 0 Å². The van der Waals surface area contributed by atoms with Gasteiger partial charge in [0, 0.05) is 19.3 Å². The van der Waals surface area contributed by atoms with Gasteiger partial charge < -0.3 is 14.2 Å². The molecule has 456 valence electrons. The lowest BCUT2D eigenvalue weighted by Crippen LogP contribution is -2.30. The molecule has 6 nitrogen and oxygen atoms in total. The van der Waals surface area contributed by atoms with Crippen molar-refractivity contribution < 1.29 is 28.6 Å². The predicted molar refractivity (Wildman–Crippen MR) is 348 cm³/mol. The lowest BCUT2D eigenvalue weighted by atomic mass is 10.0. The van der Waals surface area contributed by atoms with Gasteiger partial charge in [-0.3, -0.25) is 14.4 Å². The quantitative estimate of drug-likeness (QED) is 0.0261. The zero-order chi connectivity index (χ0) is 57.8. The predicted octanol–water partition coefficient (Wildman–Crippen LogP) is 23.2. The van der Waals surface area contributed by atoms with E-state index in [0.29, 0.717) is 19.3 Å². The fourth-order valence-electron chi connectivity index (χ4n) is 9.26. The molecule has 0 aromatic heterocycles. The molecular weight excluding hydrogens is 985 g/mol. The Morgan fingerprint density at radius 2 is 0.487 bits per heavy atom. The molecule has 0 aromatic rings. The van der Waals surface area contributed by atoms with Crippen molar-refractivity contribution in [1.82, 2.24) is 0 Å².